The highest BCUT2D eigenvalue weighted by Gasteiger charge is 2.05. The average molecular weight is 288 g/mol. The van der Waals surface area contributed by atoms with Gasteiger partial charge in [-0.2, -0.15) is 5.10 Å². The van der Waals surface area contributed by atoms with E-state index in [2.05, 4.69) is 53.5 Å². The molecule has 0 spiro atoms. The van der Waals surface area contributed by atoms with Crippen LogP contribution in [0.4, 0.5) is 0 Å². The van der Waals surface area contributed by atoms with Crippen LogP contribution in [0, 0.1) is 0 Å². The number of nitrogens with one attached hydrogen (secondary N) is 1. The Morgan fingerprint density at radius 1 is 1.24 bits per heavy atom. The van der Waals surface area contributed by atoms with Crippen molar-refractivity contribution in [2.45, 2.75) is 32.9 Å². The van der Waals surface area contributed by atoms with Crippen LogP contribution >= 0.6 is 0 Å². The number of nitrogens with zero attached hydrogens (tertiary/aromatic N) is 3. The molecule has 2 aromatic rings. The fourth-order valence-corrected chi connectivity index (χ4v) is 2.11. The third-order valence-electron chi connectivity index (χ3n) is 3.44. The summed E-state index contributed by atoms with van der Waals surface area (Å²) in [5, 5.41) is 7.59. The maximum atomic E-state index is 5.01. The molecule has 2 rings (SSSR count). The fourth-order valence-electron chi connectivity index (χ4n) is 2.11. The fraction of sp³-hybridized carbons (Fsp3) is 0.500. The highest BCUT2D eigenvalue weighted by molar-refractivity contribution is 5.24. The molecular weight excluding hydrogens is 264 g/mol. The van der Waals surface area contributed by atoms with Crippen molar-refractivity contribution in [3.05, 3.63) is 47.5 Å². The van der Waals surface area contributed by atoms with Crippen molar-refractivity contribution >= 4 is 0 Å². The zero-order valence-corrected chi connectivity index (χ0v) is 13.0. The Morgan fingerprint density at radius 2 is 2.00 bits per heavy atom. The molecule has 5 nitrogen and oxygen atoms in total. The molecule has 1 heterocycles. The molecule has 0 unspecified atom stereocenters. The standard InChI is InChI=1S/C16H24N4O/c1-13(2)15-6-4-14(5-7-15)11-20-16(18-12-19-20)10-17-8-9-21-3/h4-7,12-13,17H,8-11H2,1-3H3. The van der Waals surface area contributed by atoms with Crippen LogP contribution in [0.3, 0.4) is 0 Å². The Bertz CT molecular complexity index is 533. The number of aromatic nitrogens is 3. The molecule has 21 heavy (non-hydrogen) atoms. The molecule has 0 fully saturated rings. The molecule has 1 aromatic carbocycles. The third kappa shape index (κ3) is 4.65. The quantitative estimate of drug-likeness (QED) is 0.757. The lowest BCUT2D eigenvalue weighted by Crippen LogP contribution is -2.21. The van der Waals surface area contributed by atoms with E-state index in [-0.39, 0.29) is 0 Å². The second-order valence-electron chi connectivity index (χ2n) is 5.40. The van der Waals surface area contributed by atoms with Crippen molar-refractivity contribution < 1.29 is 4.74 Å². The first-order valence-corrected chi connectivity index (χ1v) is 7.36. The number of methoxy groups -OCH3 is 1. The first-order valence-electron chi connectivity index (χ1n) is 7.36. The maximum Gasteiger partial charge on any atom is 0.141 e. The SMILES string of the molecule is COCCNCc1ncnn1Cc1ccc(C(C)C)cc1. The summed E-state index contributed by atoms with van der Waals surface area (Å²) in [7, 11) is 1.70. The van der Waals surface area contributed by atoms with Gasteiger partial charge in [-0.3, -0.25) is 0 Å². The molecule has 1 N–H and O–H groups in total. The minimum Gasteiger partial charge on any atom is -0.383 e. The first kappa shape index (κ1) is 15.7. The molecule has 0 aliphatic heterocycles. The van der Waals surface area contributed by atoms with Crippen molar-refractivity contribution in [3.8, 4) is 0 Å². The van der Waals surface area contributed by atoms with Crippen molar-refractivity contribution in [2.24, 2.45) is 0 Å². The lowest BCUT2D eigenvalue weighted by Gasteiger charge is -2.09. The third-order valence-corrected chi connectivity index (χ3v) is 3.44. The van der Waals surface area contributed by atoms with E-state index in [0.29, 0.717) is 19.1 Å². The van der Waals surface area contributed by atoms with E-state index in [1.165, 1.54) is 11.1 Å². The van der Waals surface area contributed by atoms with Crippen LogP contribution < -0.4 is 5.32 Å². The number of hydrogen-bond donors (Lipinski definition) is 1. The van der Waals surface area contributed by atoms with Gasteiger partial charge in [-0.25, -0.2) is 9.67 Å². The van der Waals surface area contributed by atoms with Crippen molar-refractivity contribution in [2.75, 3.05) is 20.3 Å². The van der Waals surface area contributed by atoms with Gasteiger partial charge in [-0.1, -0.05) is 38.1 Å². The van der Waals surface area contributed by atoms with Gasteiger partial charge in [0.1, 0.15) is 12.2 Å². The molecule has 0 bridgehead atoms. The van der Waals surface area contributed by atoms with Crippen LogP contribution in [0.2, 0.25) is 0 Å². The second kappa shape index (κ2) is 7.90. The Labute approximate surface area is 126 Å². The molecule has 114 valence electrons. The van der Waals surface area contributed by atoms with Crippen LogP contribution in [-0.4, -0.2) is 35.0 Å². The Hall–Kier alpha value is -1.72. The number of rotatable bonds is 8. The van der Waals surface area contributed by atoms with Gasteiger partial charge in [-0.05, 0) is 17.0 Å². The minimum absolute atomic E-state index is 0.561. The van der Waals surface area contributed by atoms with Crippen LogP contribution in [0.15, 0.2) is 30.6 Å². The number of ether oxygens (including phenoxy) is 1. The average Bonchev–Trinajstić information content (AvgIpc) is 2.91. The smallest absolute Gasteiger partial charge is 0.141 e. The van der Waals surface area contributed by atoms with Gasteiger partial charge in [0.05, 0.1) is 19.7 Å². The Balaban J connectivity index is 1.95. The monoisotopic (exact) mass is 288 g/mol. The molecule has 0 aliphatic carbocycles. The molecule has 0 atom stereocenters. The summed E-state index contributed by atoms with van der Waals surface area (Å²) in [6, 6.07) is 8.71. The lowest BCUT2D eigenvalue weighted by atomic mass is 10.0. The predicted molar refractivity (Wildman–Crippen MR) is 83.2 cm³/mol. The Morgan fingerprint density at radius 3 is 2.67 bits per heavy atom. The lowest BCUT2D eigenvalue weighted by molar-refractivity contribution is 0.198. The minimum atomic E-state index is 0.561. The van der Waals surface area contributed by atoms with Gasteiger partial charge in [0.25, 0.3) is 0 Å². The summed E-state index contributed by atoms with van der Waals surface area (Å²) < 4.78 is 6.95. The summed E-state index contributed by atoms with van der Waals surface area (Å²) in [6.45, 7) is 7.37. The summed E-state index contributed by atoms with van der Waals surface area (Å²) in [5.41, 5.74) is 2.60. The number of benzene rings is 1. The van der Waals surface area contributed by atoms with E-state index in [0.717, 1.165) is 18.9 Å². The zero-order valence-electron chi connectivity index (χ0n) is 13.0. The highest BCUT2D eigenvalue weighted by atomic mass is 16.5. The topological polar surface area (TPSA) is 52.0 Å². The summed E-state index contributed by atoms with van der Waals surface area (Å²) in [5.74, 6) is 1.50. The summed E-state index contributed by atoms with van der Waals surface area (Å²) in [4.78, 5) is 4.30. The van der Waals surface area contributed by atoms with E-state index >= 15 is 0 Å². The van der Waals surface area contributed by atoms with Crippen LogP contribution in [-0.2, 0) is 17.8 Å². The van der Waals surface area contributed by atoms with Gasteiger partial charge in [0, 0.05) is 13.7 Å². The second-order valence-corrected chi connectivity index (χ2v) is 5.40. The van der Waals surface area contributed by atoms with Crippen LogP contribution in [0.25, 0.3) is 0 Å². The van der Waals surface area contributed by atoms with Gasteiger partial charge in [0.15, 0.2) is 0 Å². The van der Waals surface area contributed by atoms with E-state index in [1.54, 1.807) is 13.4 Å². The van der Waals surface area contributed by atoms with E-state index in [9.17, 15) is 0 Å². The molecule has 0 saturated heterocycles. The van der Waals surface area contributed by atoms with E-state index in [1.807, 2.05) is 4.68 Å². The van der Waals surface area contributed by atoms with Crippen molar-refractivity contribution in [1.29, 1.82) is 0 Å². The number of hydrogen-bond acceptors (Lipinski definition) is 4. The van der Waals surface area contributed by atoms with Gasteiger partial charge < -0.3 is 10.1 Å². The summed E-state index contributed by atoms with van der Waals surface area (Å²) >= 11 is 0. The van der Waals surface area contributed by atoms with Gasteiger partial charge in [-0.15, -0.1) is 0 Å². The highest BCUT2D eigenvalue weighted by Crippen LogP contribution is 2.15. The van der Waals surface area contributed by atoms with Gasteiger partial charge >= 0.3 is 0 Å². The van der Waals surface area contributed by atoms with E-state index in [4.69, 9.17) is 4.74 Å². The van der Waals surface area contributed by atoms with Crippen LogP contribution in [0.5, 0.6) is 0 Å². The molecule has 5 heteroatoms. The molecule has 0 aliphatic rings. The molecular formula is C16H24N4O. The normalized spacial score (nSPS) is 11.2. The predicted octanol–water partition coefficient (Wildman–Crippen LogP) is 2.19. The van der Waals surface area contributed by atoms with Crippen molar-refractivity contribution in [3.63, 3.8) is 0 Å². The van der Waals surface area contributed by atoms with Crippen molar-refractivity contribution in [1.82, 2.24) is 20.1 Å². The molecule has 0 saturated carbocycles. The summed E-state index contributed by atoms with van der Waals surface area (Å²) in [6.07, 6.45) is 1.61. The molecule has 0 amide bonds. The van der Waals surface area contributed by atoms with E-state index < -0.39 is 0 Å². The first-order chi connectivity index (χ1) is 10.2. The largest absolute Gasteiger partial charge is 0.383 e. The maximum absolute atomic E-state index is 5.01. The van der Waals surface area contributed by atoms with Crippen LogP contribution in [0.1, 0.15) is 36.7 Å². The zero-order chi connectivity index (χ0) is 15.1. The molecule has 1 aromatic heterocycles. The molecule has 0 radical (unpaired) electrons. The Kier molecular flexibility index (Phi) is 5.90. The van der Waals surface area contributed by atoms with Gasteiger partial charge in [0.2, 0.25) is 0 Å².